The Labute approximate surface area is 104 Å². The molecular weight excluding hydrogens is 296 g/mol. The van der Waals surface area contributed by atoms with Gasteiger partial charge in [0.1, 0.15) is 23.0 Å². The Hall–Kier alpha value is -1.50. The van der Waals surface area contributed by atoms with Crippen molar-refractivity contribution < 1.29 is 13.4 Å². The number of rotatable bonds is 3. The van der Waals surface area contributed by atoms with Crippen molar-refractivity contribution in [1.29, 1.82) is 0 Å². The van der Waals surface area contributed by atoms with Crippen LogP contribution in [0.25, 0.3) is 0 Å². The van der Waals surface area contributed by atoms with Crippen LogP contribution in [0.2, 0.25) is 0 Å². The standard InChI is InChI=1S/C10H8BrF2N3O/c1-5-10(16-17-15-5)4-14-9-3-7(12)6(11)2-8(9)13/h2-3,14H,4H2,1H3. The zero-order valence-electron chi connectivity index (χ0n) is 8.80. The maximum atomic E-state index is 13.4. The molecule has 2 rings (SSSR count). The highest BCUT2D eigenvalue weighted by Gasteiger charge is 2.10. The summed E-state index contributed by atoms with van der Waals surface area (Å²) in [6, 6.07) is 2.13. The molecule has 17 heavy (non-hydrogen) atoms. The zero-order valence-corrected chi connectivity index (χ0v) is 10.4. The summed E-state index contributed by atoms with van der Waals surface area (Å²) in [6.45, 7) is 1.93. The van der Waals surface area contributed by atoms with Gasteiger partial charge < -0.3 is 5.32 Å². The van der Waals surface area contributed by atoms with Crippen LogP contribution in [0.4, 0.5) is 14.5 Å². The first kappa shape index (κ1) is 12.0. The lowest BCUT2D eigenvalue weighted by Gasteiger charge is -2.06. The van der Waals surface area contributed by atoms with E-state index < -0.39 is 11.6 Å². The highest BCUT2D eigenvalue weighted by molar-refractivity contribution is 9.10. The van der Waals surface area contributed by atoms with Crippen molar-refractivity contribution in [3.63, 3.8) is 0 Å². The summed E-state index contributed by atoms with van der Waals surface area (Å²) in [6.07, 6.45) is 0. The average Bonchev–Trinajstić information content (AvgIpc) is 2.68. The fourth-order valence-corrected chi connectivity index (χ4v) is 1.56. The van der Waals surface area contributed by atoms with Gasteiger partial charge in [-0.05, 0) is 28.9 Å². The molecular formula is C10H8BrF2N3O. The van der Waals surface area contributed by atoms with E-state index in [0.29, 0.717) is 11.4 Å². The number of nitrogens with zero attached hydrogens (tertiary/aromatic N) is 2. The number of aryl methyl sites for hydroxylation is 1. The summed E-state index contributed by atoms with van der Waals surface area (Å²) in [5.74, 6) is -1.09. The van der Waals surface area contributed by atoms with E-state index in [9.17, 15) is 8.78 Å². The first-order valence-electron chi connectivity index (χ1n) is 4.74. The van der Waals surface area contributed by atoms with Gasteiger partial charge >= 0.3 is 0 Å². The molecule has 0 amide bonds. The molecule has 0 aliphatic heterocycles. The van der Waals surface area contributed by atoms with Gasteiger partial charge in [0.25, 0.3) is 0 Å². The molecule has 0 radical (unpaired) electrons. The van der Waals surface area contributed by atoms with E-state index in [-0.39, 0.29) is 16.7 Å². The van der Waals surface area contributed by atoms with Gasteiger partial charge in [-0.2, -0.15) is 0 Å². The Morgan fingerprint density at radius 3 is 2.71 bits per heavy atom. The molecule has 90 valence electrons. The Bertz CT molecular complexity index is 544. The first-order chi connectivity index (χ1) is 8.08. The summed E-state index contributed by atoms with van der Waals surface area (Å²) in [5, 5.41) is 9.93. The molecule has 0 aliphatic carbocycles. The van der Waals surface area contributed by atoms with Crippen molar-refractivity contribution in [2.45, 2.75) is 13.5 Å². The van der Waals surface area contributed by atoms with E-state index in [1.807, 2.05) is 0 Å². The lowest BCUT2D eigenvalue weighted by atomic mass is 10.2. The van der Waals surface area contributed by atoms with Crippen molar-refractivity contribution in [3.05, 3.63) is 39.6 Å². The van der Waals surface area contributed by atoms with Gasteiger partial charge in [-0.15, -0.1) is 0 Å². The highest BCUT2D eigenvalue weighted by Crippen LogP contribution is 2.23. The average molecular weight is 304 g/mol. The first-order valence-corrected chi connectivity index (χ1v) is 5.53. The molecule has 0 saturated heterocycles. The minimum Gasteiger partial charge on any atom is -0.377 e. The summed E-state index contributed by atoms with van der Waals surface area (Å²) in [4.78, 5) is 0. The van der Waals surface area contributed by atoms with Gasteiger partial charge in [0, 0.05) is 6.07 Å². The molecule has 1 N–H and O–H groups in total. The highest BCUT2D eigenvalue weighted by atomic mass is 79.9. The fraction of sp³-hybridized carbons (Fsp3) is 0.200. The van der Waals surface area contributed by atoms with Crippen molar-refractivity contribution in [3.8, 4) is 0 Å². The van der Waals surface area contributed by atoms with Crippen LogP contribution in [0.5, 0.6) is 0 Å². The van der Waals surface area contributed by atoms with Gasteiger partial charge in [0.2, 0.25) is 0 Å². The SMILES string of the molecule is Cc1nonc1CNc1cc(F)c(Br)cc1F. The number of hydrogen-bond donors (Lipinski definition) is 1. The molecule has 0 atom stereocenters. The monoisotopic (exact) mass is 303 g/mol. The number of anilines is 1. The van der Waals surface area contributed by atoms with Crippen LogP contribution >= 0.6 is 15.9 Å². The molecule has 2 aromatic rings. The van der Waals surface area contributed by atoms with E-state index in [1.165, 1.54) is 0 Å². The Balaban J connectivity index is 2.14. The molecule has 1 heterocycles. The normalized spacial score (nSPS) is 10.6. The molecule has 0 spiro atoms. The number of benzene rings is 1. The van der Waals surface area contributed by atoms with E-state index >= 15 is 0 Å². The van der Waals surface area contributed by atoms with E-state index in [4.69, 9.17) is 0 Å². The summed E-state index contributed by atoms with van der Waals surface area (Å²) >= 11 is 2.90. The van der Waals surface area contributed by atoms with Crippen molar-refractivity contribution in [2.24, 2.45) is 0 Å². The maximum Gasteiger partial charge on any atom is 0.147 e. The summed E-state index contributed by atoms with van der Waals surface area (Å²) in [5.41, 5.74) is 1.22. The van der Waals surface area contributed by atoms with Gasteiger partial charge in [0.05, 0.1) is 16.7 Å². The molecule has 7 heteroatoms. The third-order valence-corrected chi connectivity index (χ3v) is 2.81. The molecule has 0 aliphatic rings. The van der Waals surface area contributed by atoms with Crippen molar-refractivity contribution in [1.82, 2.24) is 10.3 Å². The van der Waals surface area contributed by atoms with E-state index in [2.05, 4.69) is 36.2 Å². The summed E-state index contributed by atoms with van der Waals surface area (Å²) < 4.78 is 31.2. The van der Waals surface area contributed by atoms with Crippen LogP contribution in [0.1, 0.15) is 11.4 Å². The number of aromatic nitrogens is 2. The smallest absolute Gasteiger partial charge is 0.147 e. The number of nitrogens with one attached hydrogen (secondary N) is 1. The third-order valence-electron chi connectivity index (χ3n) is 2.20. The molecule has 0 saturated carbocycles. The Kier molecular flexibility index (Phi) is 3.37. The second kappa shape index (κ2) is 4.79. The number of halogens is 3. The second-order valence-corrected chi connectivity index (χ2v) is 4.25. The quantitative estimate of drug-likeness (QED) is 0.886. The van der Waals surface area contributed by atoms with Gasteiger partial charge in [-0.1, -0.05) is 10.3 Å². The topological polar surface area (TPSA) is 51.0 Å². The van der Waals surface area contributed by atoms with Crippen molar-refractivity contribution in [2.75, 3.05) is 5.32 Å². The van der Waals surface area contributed by atoms with Crippen LogP contribution in [-0.2, 0) is 6.54 Å². The lowest BCUT2D eigenvalue weighted by Crippen LogP contribution is -2.03. The van der Waals surface area contributed by atoms with Gasteiger partial charge in [-0.3, -0.25) is 0 Å². The Morgan fingerprint density at radius 2 is 2.06 bits per heavy atom. The predicted molar refractivity (Wildman–Crippen MR) is 60.4 cm³/mol. The van der Waals surface area contributed by atoms with Crippen LogP contribution < -0.4 is 5.32 Å². The Morgan fingerprint density at radius 1 is 1.29 bits per heavy atom. The zero-order chi connectivity index (χ0) is 12.4. The summed E-state index contributed by atoms with van der Waals surface area (Å²) in [7, 11) is 0. The van der Waals surface area contributed by atoms with Gasteiger partial charge in [0.15, 0.2) is 0 Å². The van der Waals surface area contributed by atoms with E-state index in [1.54, 1.807) is 6.92 Å². The third kappa shape index (κ3) is 2.60. The fourth-order valence-electron chi connectivity index (χ4n) is 1.25. The molecule has 0 unspecified atom stereocenters. The predicted octanol–water partition coefficient (Wildman–Crippen LogP) is 3.03. The van der Waals surface area contributed by atoms with Crippen LogP contribution in [0.3, 0.4) is 0 Å². The van der Waals surface area contributed by atoms with E-state index in [0.717, 1.165) is 12.1 Å². The van der Waals surface area contributed by atoms with Gasteiger partial charge in [-0.25, -0.2) is 13.4 Å². The molecule has 0 fully saturated rings. The molecule has 1 aromatic carbocycles. The molecule has 0 bridgehead atoms. The van der Waals surface area contributed by atoms with Crippen LogP contribution in [0.15, 0.2) is 21.2 Å². The minimum absolute atomic E-state index is 0.0631. The second-order valence-electron chi connectivity index (χ2n) is 3.40. The number of hydrogen-bond acceptors (Lipinski definition) is 4. The van der Waals surface area contributed by atoms with Crippen LogP contribution in [-0.4, -0.2) is 10.3 Å². The van der Waals surface area contributed by atoms with Crippen molar-refractivity contribution >= 4 is 21.6 Å². The van der Waals surface area contributed by atoms with Crippen LogP contribution in [0, 0.1) is 18.6 Å². The maximum absolute atomic E-state index is 13.4. The largest absolute Gasteiger partial charge is 0.377 e. The molecule has 1 aromatic heterocycles. The minimum atomic E-state index is -0.549. The lowest BCUT2D eigenvalue weighted by molar-refractivity contribution is 0.301. The molecule has 4 nitrogen and oxygen atoms in total.